The van der Waals surface area contributed by atoms with Gasteiger partial charge < -0.3 is 10.5 Å². The number of pyridine rings is 1. The lowest BCUT2D eigenvalue weighted by Gasteiger charge is -2.01. The van der Waals surface area contributed by atoms with E-state index >= 15 is 0 Å². The van der Waals surface area contributed by atoms with Gasteiger partial charge in [-0.2, -0.15) is 0 Å². The molecule has 1 aromatic heterocycles. The molecular weight excluding hydrogens is 180 g/mol. The lowest BCUT2D eigenvalue weighted by molar-refractivity contribution is 0.0995. The molecule has 0 unspecified atom stereocenters. The first-order valence-corrected chi connectivity index (χ1v) is 3.53. The normalized spacial score (nSPS) is 9.50. The highest BCUT2D eigenvalue weighted by molar-refractivity contribution is 6.31. The third-order valence-electron chi connectivity index (χ3n) is 1.29. The van der Waals surface area contributed by atoms with Crippen molar-refractivity contribution in [2.75, 3.05) is 7.11 Å². The van der Waals surface area contributed by atoms with Crippen LogP contribution in [0.5, 0.6) is 5.75 Å². The monoisotopic (exact) mass is 186 g/mol. The van der Waals surface area contributed by atoms with Gasteiger partial charge in [-0.15, -0.1) is 0 Å². The minimum atomic E-state index is -0.612. The number of halogens is 1. The number of methoxy groups -OCH3 is 1. The van der Waals surface area contributed by atoms with E-state index in [1.54, 1.807) is 0 Å². The SMILES string of the molecule is COc1ccc(C(N)=O)nc1Cl. The molecule has 0 fully saturated rings. The van der Waals surface area contributed by atoms with Gasteiger partial charge in [0.25, 0.3) is 5.91 Å². The molecule has 0 aromatic carbocycles. The molecule has 0 spiro atoms. The topological polar surface area (TPSA) is 65.2 Å². The fraction of sp³-hybridized carbons (Fsp3) is 0.143. The Morgan fingerprint density at radius 1 is 1.67 bits per heavy atom. The second-order valence-corrected chi connectivity index (χ2v) is 2.41. The van der Waals surface area contributed by atoms with Crippen LogP contribution in [0.4, 0.5) is 0 Å². The molecule has 0 atom stereocenters. The van der Waals surface area contributed by atoms with E-state index in [4.69, 9.17) is 22.1 Å². The Morgan fingerprint density at radius 2 is 2.33 bits per heavy atom. The zero-order chi connectivity index (χ0) is 9.14. The molecule has 64 valence electrons. The number of nitrogens with two attached hydrogens (primary N) is 1. The van der Waals surface area contributed by atoms with E-state index in [0.717, 1.165) is 0 Å². The van der Waals surface area contributed by atoms with Crippen LogP contribution in [0.3, 0.4) is 0 Å². The molecule has 1 amide bonds. The quantitative estimate of drug-likeness (QED) is 0.697. The Kier molecular flexibility index (Phi) is 2.50. The smallest absolute Gasteiger partial charge is 0.267 e. The highest BCUT2D eigenvalue weighted by Gasteiger charge is 2.06. The molecule has 5 heteroatoms. The van der Waals surface area contributed by atoms with E-state index in [9.17, 15) is 4.79 Å². The molecule has 1 rings (SSSR count). The number of aromatic nitrogens is 1. The first kappa shape index (κ1) is 8.80. The van der Waals surface area contributed by atoms with Crippen LogP contribution < -0.4 is 10.5 Å². The Labute approximate surface area is 74.3 Å². The number of hydrogen-bond donors (Lipinski definition) is 1. The van der Waals surface area contributed by atoms with Crippen molar-refractivity contribution in [3.05, 3.63) is 23.0 Å². The molecule has 4 nitrogen and oxygen atoms in total. The largest absolute Gasteiger partial charge is 0.494 e. The Hall–Kier alpha value is -1.29. The van der Waals surface area contributed by atoms with Gasteiger partial charge in [-0.3, -0.25) is 4.79 Å². The van der Waals surface area contributed by atoms with E-state index in [2.05, 4.69) is 4.98 Å². The van der Waals surface area contributed by atoms with Crippen molar-refractivity contribution < 1.29 is 9.53 Å². The maximum absolute atomic E-state index is 10.6. The van der Waals surface area contributed by atoms with Crippen LogP contribution in [-0.2, 0) is 0 Å². The zero-order valence-electron chi connectivity index (χ0n) is 6.37. The summed E-state index contributed by atoms with van der Waals surface area (Å²) in [5, 5.41) is 0.133. The highest BCUT2D eigenvalue weighted by atomic mass is 35.5. The van der Waals surface area contributed by atoms with Gasteiger partial charge in [-0.05, 0) is 12.1 Å². The Balaban J connectivity index is 3.10. The summed E-state index contributed by atoms with van der Waals surface area (Å²) in [7, 11) is 1.47. The van der Waals surface area contributed by atoms with E-state index in [1.807, 2.05) is 0 Å². The van der Waals surface area contributed by atoms with Gasteiger partial charge in [0.2, 0.25) is 0 Å². The Bertz CT molecular complexity index is 314. The minimum absolute atomic E-state index is 0.126. The van der Waals surface area contributed by atoms with Crippen LogP contribution in [0.2, 0.25) is 5.15 Å². The van der Waals surface area contributed by atoms with E-state index in [1.165, 1.54) is 19.2 Å². The number of carbonyl (C=O) groups excluding carboxylic acids is 1. The molecule has 1 aromatic rings. The predicted molar refractivity (Wildman–Crippen MR) is 44.3 cm³/mol. The lowest BCUT2D eigenvalue weighted by Crippen LogP contribution is -2.12. The first-order chi connectivity index (χ1) is 5.65. The number of rotatable bonds is 2. The van der Waals surface area contributed by atoms with Crippen LogP contribution in [-0.4, -0.2) is 18.0 Å². The predicted octanol–water partition coefficient (Wildman–Crippen LogP) is 0.843. The number of amides is 1. The highest BCUT2D eigenvalue weighted by Crippen LogP contribution is 2.20. The number of hydrogen-bond acceptors (Lipinski definition) is 3. The van der Waals surface area contributed by atoms with Crippen molar-refractivity contribution >= 4 is 17.5 Å². The summed E-state index contributed by atoms with van der Waals surface area (Å²) in [6.45, 7) is 0. The summed E-state index contributed by atoms with van der Waals surface area (Å²) in [5.74, 6) is -0.193. The summed E-state index contributed by atoms with van der Waals surface area (Å²) >= 11 is 5.63. The average Bonchev–Trinajstić information content (AvgIpc) is 2.04. The molecular formula is C7H7ClN2O2. The summed E-state index contributed by atoms with van der Waals surface area (Å²) < 4.78 is 4.83. The van der Waals surface area contributed by atoms with Gasteiger partial charge in [0.05, 0.1) is 7.11 Å². The molecule has 1 heterocycles. The first-order valence-electron chi connectivity index (χ1n) is 3.15. The van der Waals surface area contributed by atoms with Crippen molar-refractivity contribution in [1.82, 2.24) is 4.98 Å². The van der Waals surface area contributed by atoms with Crippen LogP contribution in [0.15, 0.2) is 12.1 Å². The molecule has 0 aliphatic rings. The fourth-order valence-corrected chi connectivity index (χ4v) is 0.942. The van der Waals surface area contributed by atoms with Gasteiger partial charge >= 0.3 is 0 Å². The number of nitrogens with zero attached hydrogens (tertiary/aromatic N) is 1. The van der Waals surface area contributed by atoms with E-state index in [-0.39, 0.29) is 10.8 Å². The van der Waals surface area contributed by atoms with Crippen molar-refractivity contribution in [3.63, 3.8) is 0 Å². The van der Waals surface area contributed by atoms with Crippen molar-refractivity contribution in [1.29, 1.82) is 0 Å². The van der Waals surface area contributed by atoms with Crippen molar-refractivity contribution in [2.24, 2.45) is 5.73 Å². The fourth-order valence-electron chi connectivity index (χ4n) is 0.711. The molecule has 0 saturated carbocycles. The molecule has 12 heavy (non-hydrogen) atoms. The van der Waals surface area contributed by atoms with Crippen molar-refractivity contribution in [2.45, 2.75) is 0 Å². The van der Waals surface area contributed by atoms with Gasteiger partial charge in [0, 0.05) is 0 Å². The number of ether oxygens (including phenoxy) is 1. The summed E-state index contributed by atoms with van der Waals surface area (Å²) in [4.78, 5) is 14.3. The zero-order valence-corrected chi connectivity index (χ0v) is 7.13. The molecule has 0 radical (unpaired) electrons. The van der Waals surface area contributed by atoms with Gasteiger partial charge in [0.1, 0.15) is 5.69 Å². The van der Waals surface area contributed by atoms with Crippen LogP contribution in [0, 0.1) is 0 Å². The van der Waals surface area contributed by atoms with Crippen molar-refractivity contribution in [3.8, 4) is 5.75 Å². The lowest BCUT2D eigenvalue weighted by atomic mass is 10.3. The van der Waals surface area contributed by atoms with Crippen LogP contribution >= 0.6 is 11.6 Å². The Morgan fingerprint density at radius 3 is 2.75 bits per heavy atom. The van der Waals surface area contributed by atoms with Crippen LogP contribution in [0.1, 0.15) is 10.5 Å². The average molecular weight is 187 g/mol. The maximum Gasteiger partial charge on any atom is 0.267 e. The molecule has 2 N–H and O–H groups in total. The summed E-state index contributed by atoms with van der Waals surface area (Å²) in [5.41, 5.74) is 5.10. The molecule has 0 aliphatic carbocycles. The van der Waals surface area contributed by atoms with Crippen LogP contribution in [0.25, 0.3) is 0 Å². The maximum atomic E-state index is 10.6. The van der Waals surface area contributed by atoms with Gasteiger partial charge in [0.15, 0.2) is 10.9 Å². The molecule has 0 saturated heterocycles. The third kappa shape index (κ3) is 1.65. The standard InChI is InChI=1S/C7H7ClN2O2/c1-12-5-3-2-4(7(9)11)10-6(5)8/h2-3H,1H3,(H2,9,11). The second-order valence-electron chi connectivity index (χ2n) is 2.05. The van der Waals surface area contributed by atoms with Gasteiger partial charge in [-0.1, -0.05) is 11.6 Å². The number of carbonyl (C=O) groups is 1. The summed E-state index contributed by atoms with van der Waals surface area (Å²) in [6, 6.07) is 2.99. The number of primary amides is 1. The third-order valence-corrected chi connectivity index (χ3v) is 1.56. The second kappa shape index (κ2) is 3.40. The van der Waals surface area contributed by atoms with E-state index in [0.29, 0.717) is 5.75 Å². The molecule has 0 aliphatic heterocycles. The van der Waals surface area contributed by atoms with E-state index < -0.39 is 5.91 Å². The summed E-state index contributed by atoms with van der Waals surface area (Å²) in [6.07, 6.45) is 0. The molecule has 0 bridgehead atoms. The minimum Gasteiger partial charge on any atom is -0.494 e. The van der Waals surface area contributed by atoms with Gasteiger partial charge in [-0.25, -0.2) is 4.98 Å².